The lowest BCUT2D eigenvalue weighted by atomic mass is 10.2. The van der Waals surface area contributed by atoms with Gasteiger partial charge in [-0.2, -0.15) is 5.26 Å². The van der Waals surface area contributed by atoms with E-state index < -0.39 is 5.97 Å². The van der Waals surface area contributed by atoms with E-state index in [2.05, 4.69) is 0 Å². The molecule has 0 amide bonds. The van der Waals surface area contributed by atoms with E-state index in [9.17, 15) is 4.79 Å². The van der Waals surface area contributed by atoms with Crippen LogP contribution < -0.4 is 9.47 Å². The lowest BCUT2D eigenvalue weighted by molar-refractivity contribution is -0.136. The molecule has 0 saturated heterocycles. The second-order valence-corrected chi connectivity index (χ2v) is 4.29. The summed E-state index contributed by atoms with van der Waals surface area (Å²) < 4.78 is 10.3. The van der Waals surface area contributed by atoms with Gasteiger partial charge in [0.15, 0.2) is 6.61 Å². The van der Waals surface area contributed by atoms with Gasteiger partial charge in [0.05, 0.1) is 11.6 Å². The zero-order valence-electron chi connectivity index (χ0n) is 10.4. The van der Waals surface area contributed by atoms with E-state index in [1.807, 2.05) is 6.07 Å². The normalized spacial score (nSPS) is 9.60. The van der Waals surface area contributed by atoms with Crippen LogP contribution in [0.3, 0.4) is 0 Å². The van der Waals surface area contributed by atoms with Crippen LogP contribution >= 0.6 is 11.6 Å². The van der Waals surface area contributed by atoms with Crippen molar-refractivity contribution < 1.29 is 14.3 Å². The van der Waals surface area contributed by atoms with Crippen LogP contribution in [0, 0.1) is 11.3 Å². The van der Waals surface area contributed by atoms with Gasteiger partial charge in [0, 0.05) is 5.02 Å². The maximum atomic E-state index is 11.6. The van der Waals surface area contributed by atoms with Gasteiger partial charge < -0.3 is 9.47 Å². The van der Waals surface area contributed by atoms with Gasteiger partial charge in [0.1, 0.15) is 11.5 Å². The summed E-state index contributed by atoms with van der Waals surface area (Å²) in [7, 11) is 0. The quantitative estimate of drug-likeness (QED) is 0.640. The molecule has 0 aromatic heterocycles. The second-order valence-electron chi connectivity index (χ2n) is 3.86. The first-order valence-electron chi connectivity index (χ1n) is 5.76. The smallest absolute Gasteiger partial charge is 0.349 e. The molecule has 2 aromatic carbocycles. The molecule has 0 saturated carbocycles. The van der Waals surface area contributed by atoms with Crippen molar-refractivity contribution in [2.45, 2.75) is 0 Å². The van der Waals surface area contributed by atoms with Crippen LogP contribution in [0.25, 0.3) is 0 Å². The lowest BCUT2D eigenvalue weighted by Crippen LogP contribution is -2.17. The fraction of sp³-hybridized carbons (Fsp3) is 0.0667. The molecule has 20 heavy (non-hydrogen) atoms. The molecule has 0 heterocycles. The summed E-state index contributed by atoms with van der Waals surface area (Å²) in [5.41, 5.74) is 0.527. The van der Waals surface area contributed by atoms with Gasteiger partial charge in [0.2, 0.25) is 0 Å². The third-order valence-corrected chi connectivity index (χ3v) is 2.60. The number of nitriles is 1. The average Bonchev–Trinajstić information content (AvgIpc) is 2.46. The monoisotopic (exact) mass is 287 g/mol. The summed E-state index contributed by atoms with van der Waals surface area (Å²) in [5.74, 6) is 0.328. The molecule has 0 bridgehead atoms. The molecule has 0 spiro atoms. The number of hydrogen-bond acceptors (Lipinski definition) is 4. The van der Waals surface area contributed by atoms with Gasteiger partial charge in [-0.25, -0.2) is 4.79 Å². The molecule has 0 aliphatic rings. The van der Waals surface area contributed by atoms with Crippen molar-refractivity contribution in [2.24, 2.45) is 0 Å². The van der Waals surface area contributed by atoms with Gasteiger partial charge in [-0.05, 0) is 42.5 Å². The Labute approximate surface area is 121 Å². The van der Waals surface area contributed by atoms with Crippen molar-refractivity contribution in [3.8, 4) is 17.6 Å². The van der Waals surface area contributed by atoms with Crippen LogP contribution in [0.15, 0.2) is 48.5 Å². The SMILES string of the molecule is N#Cc1ccc(OCC(=O)Oc2cccc(Cl)c2)cc1. The first-order chi connectivity index (χ1) is 9.67. The van der Waals surface area contributed by atoms with Crippen LogP contribution in [0.4, 0.5) is 0 Å². The van der Waals surface area contributed by atoms with Crippen LogP contribution in [0.1, 0.15) is 5.56 Å². The molecule has 0 atom stereocenters. The van der Waals surface area contributed by atoms with Crippen molar-refractivity contribution in [3.63, 3.8) is 0 Å². The van der Waals surface area contributed by atoms with Crippen molar-refractivity contribution in [1.82, 2.24) is 0 Å². The maximum absolute atomic E-state index is 11.6. The number of ether oxygens (including phenoxy) is 2. The Morgan fingerprint density at radius 1 is 1.15 bits per heavy atom. The maximum Gasteiger partial charge on any atom is 0.349 e. The minimum Gasteiger partial charge on any atom is -0.482 e. The van der Waals surface area contributed by atoms with Gasteiger partial charge >= 0.3 is 5.97 Å². The lowest BCUT2D eigenvalue weighted by Gasteiger charge is -2.06. The van der Waals surface area contributed by atoms with Crippen LogP contribution in [0.2, 0.25) is 5.02 Å². The first kappa shape index (κ1) is 13.9. The molecular weight excluding hydrogens is 278 g/mol. The predicted octanol–water partition coefficient (Wildman–Crippen LogP) is 3.20. The van der Waals surface area contributed by atoms with Gasteiger partial charge in [0.25, 0.3) is 0 Å². The Morgan fingerprint density at radius 2 is 1.90 bits per heavy atom. The molecular formula is C15H10ClNO3. The zero-order valence-corrected chi connectivity index (χ0v) is 11.1. The molecule has 5 heteroatoms. The summed E-state index contributed by atoms with van der Waals surface area (Å²) in [6.07, 6.45) is 0. The molecule has 0 aliphatic heterocycles. The molecule has 2 aromatic rings. The number of esters is 1. The van der Waals surface area contributed by atoms with E-state index in [1.165, 1.54) is 0 Å². The van der Waals surface area contributed by atoms with Crippen molar-refractivity contribution in [1.29, 1.82) is 5.26 Å². The average molecular weight is 288 g/mol. The first-order valence-corrected chi connectivity index (χ1v) is 6.14. The van der Waals surface area contributed by atoms with Crippen LogP contribution in [0.5, 0.6) is 11.5 Å². The Kier molecular flexibility index (Phi) is 4.59. The highest BCUT2D eigenvalue weighted by atomic mass is 35.5. The summed E-state index contributed by atoms with van der Waals surface area (Å²) in [6, 6.07) is 15.0. The second kappa shape index (κ2) is 6.60. The van der Waals surface area contributed by atoms with Crippen LogP contribution in [-0.2, 0) is 4.79 Å². The Bertz CT molecular complexity index is 647. The van der Waals surface area contributed by atoms with Gasteiger partial charge in [-0.15, -0.1) is 0 Å². The number of hydrogen-bond donors (Lipinski definition) is 0. The van der Waals surface area contributed by atoms with E-state index in [0.29, 0.717) is 22.1 Å². The largest absolute Gasteiger partial charge is 0.482 e. The van der Waals surface area contributed by atoms with E-state index in [1.54, 1.807) is 48.5 Å². The van der Waals surface area contributed by atoms with E-state index >= 15 is 0 Å². The summed E-state index contributed by atoms with van der Waals surface area (Å²) in [5, 5.41) is 9.15. The number of nitrogens with zero attached hydrogens (tertiary/aromatic N) is 1. The summed E-state index contributed by atoms with van der Waals surface area (Å²) >= 11 is 5.78. The molecule has 0 N–H and O–H groups in total. The molecule has 0 radical (unpaired) electrons. The number of carbonyl (C=O) groups excluding carboxylic acids is 1. The van der Waals surface area contributed by atoms with E-state index in [0.717, 1.165) is 0 Å². The molecule has 0 fully saturated rings. The van der Waals surface area contributed by atoms with E-state index in [-0.39, 0.29) is 6.61 Å². The molecule has 0 unspecified atom stereocenters. The minimum absolute atomic E-state index is 0.224. The fourth-order valence-corrected chi connectivity index (χ4v) is 1.64. The highest BCUT2D eigenvalue weighted by Crippen LogP contribution is 2.17. The molecule has 2 rings (SSSR count). The van der Waals surface area contributed by atoms with Gasteiger partial charge in [-0.1, -0.05) is 17.7 Å². The minimum atomic E-state index is -0.531. The zero-order chi connectivity index (χ0) is 14.4. The number of benzene rings is 2. The van der Waals surface area contributed by atoms with Crippen LogP contribution in [-0.4, -0.2) is 12.6 Å². The van der Waals surface area contributed by atoms with Gasteiger partial charge in [-0.3, -0.25) is 0 Å². The highest BCUT2D eigenvalue weighted by Gasteiger charge is 2.06. The third kappa shape index (κ3) is 4.01. The Morgan fingerprint density at radius 3 is 2.55 bits per heavy atom. The van der Waals surface area contributed by atoms with Crippen molar-refractivity contribution in [2.75, 3.05) is 6.61 Å². The standard InChI is InChI=1S/C15H10ClNO3/c16-12-2-1-3-14(8-12)20-15(18)10-19-13-6-4-11(9-17)5-7-13/h1-8H,10H2. The molecule has 4 nitrogen and oxygen atoms in total. The topological polar surface area (TPSA) is 59.3 Å². The van der Waals surface area contributed by atoms with E-state index in [4.69, 9.17) is 26.3 Å². The fourth-order valence-electron chi connectivity index (χ4n) is 1.46. The highest BCUT2D eigenvalue weighted by molar-refractivity contribution is 6.30. The number of halogens is 1. The predicted molar refractivity (Wildman–Crippen MR) is 73.7 cm³/mol. The molecule has 100 valence electrons. The number of rotatable bonds is 4. The van der Waals surface area contributed by atoms with Crippen molar-refractivity contribution in [3.05, 3.63) is 59.1 Å². The molecule has 0 aliphatic carbocycles. The Hall–Kier alpha value is -2.51. The van der Waals surface area contributed by atoms with Crippen molar-refractivity contribution >= 4 is 17.6 Å². The summed E-state index contributed by atoms with van der Waals surface area (Å²) in [6.45, 7) is -0.224. The number of carbonyl (C=O) groups is 1. The third-order valence-electron chi connectivity index (χ3n) is 2.37. The summed E-state index contributed by atoms with van der Waals surface area (Å²) in [4.78, 5) is 11.6. The Balaban J connectivity index is 1.87.